The minimum Gasteiger partial charge on any atom is -0.399 e. The van der Waals surface area contributed by atoms with Gasteiger partial charge in [-0.3, -0.25) is 0 Å². The normalized spacial score (nSPS) is 12.4. The van der Waals surface area contributed by atoms with E-state index in [2.05, 4.69) is 19.2 Å². The zero-order valence-corrected chi connectivity index (χ0v) is 11.6. The van der Waals surface area contributed by atoms with Gasteiger partial charge in [0.05, 0.1) is 10.7 Å². The smallest absolute Gasteiger partial charge is 0.0658 e. The van der Waals surface area contributed by atoms with Crippen LogP contribution in [0.15, 0.2) is 18.2 Å². The Hall–Kier alpha value is -0.890. The van der Waals surface area contributed by atoms with Crippen molar-refractivity contribution in [3.63, 3.8) is 0 Å². The zero-order chi connectivity index (χ0) is 12.7. The number of unbranched alkanes of at least 4 members (excludes halogenated alkanes) is 3. The van der Waals surface area contributed by atoms with Crippen molar-refractivity contribution in [3.8, 4) is 0 Å². The largest absolute Gasteiger partial charge is 0.399 e. The van der Waals surface area contributed by atoms with Crippen molar-refractivity contribution >= 4 is 23.0 Å². The highest BCUT2D eigenvalue weighted by Gasteiger charge is 2.05. The van der Waals surface area contributed by atoms with Crippen LogP contribution in [0.1, 0.15) is 46.0 Å². The summed E-state index contributed by atoms with van der Waals surface area (Å²) < 4.78 is 0. The third kappa shape index (κ3) is 5.31. The van der Waals surface area contributed by atoms with Crippen LogP contribution in [0.3, 0.4) is 0 Å². The monoisotopic (exact) mass is 254 g/mol. The van der Waals surface area contributed by atoms with Crippen molar-refractivity contribution in [2.45, 2.75) is 52.0 Å². The molecule has 0 bridgehead atoms. The SMILES string of the molecule is CCCCCCC(C)Nc1ccc(N)cc1Cl. The molecule has 0 aliphatic heterocycles. The summed E-state index contributed by atoms with van der Waals surface area (Å²) in [6.45, 7) is 4.43. The second kappa shape index (κ2) is 7.44. The lowest BCUT2D eigenvalue weighted by Crippen LogP contribution is -2.15. The van der Waals surface area contributed by atoms with Gasteiger partial charge in [0.1, 0.15) is 0 Å². The first-order valence-electron chi connectivity index (χ1n) is 6.45. The fourth-order valence-electron chi connectivity index (χ4n) is 1.86. The number of nitrogen functional groups attached to an aromatic ring is 1. The minimum atomic E-state index is 0.452. The van der Waals surface area contributed by atoms with Crippen LogP contribution < -0.4 is 11.1 Å². The van der Waals surface area contributed by atoms with Crippen LogP contribution >= 0.6 is 11.6 Å². The van der Waals surface area contributed by atoms with Gasteiger partial charge >= 0.3 is 0 Å². The molecule has 1 atom stereocenters. The summed E-state index contributed by atoms with van der Waals surface area (Å²) in [6.07, 6.45) is 6.38. The lowest BCUT2D eigenvalue weighted by Gasteiger charge is -2.16. The number of hydrogen-bond donors (Lipinski definition) is 2. The molecular formula is C14H23ClN2. The van der Waals surface area contributed by atoms with Crippen LogP contribution in [0.4, 0.5) is 11.4 Å². The van der Waals surface area contributed by atoms with Gasteiger partial charge < -0.3 is 11.1 Å². The summed E-state index contributed by atoms with van der Waals surface area (Å²) >= 11 is 6.11. The highest BCUT2D eigenvalue weighted by Crippen LogP contribution is 2.25. The molecule has 2 nitrogen and oxygen atoms in total. The molecule has 0 heterocycles. The molecule has 3 N–H and O–H groups in total. The van der Waals surface area contributed by atoms with Crippen LogP contribution in [-0.2, 0) is 0 Å². The van der Waals surface area contributed by atoms with E-state index in [1.54, 1.807) is 6.07 Å². The van der Waals surface area contributed by atoms with Crippen LogP contribution in [0.25, 0.3) is 0 Å². The van der Waals surface area contributed by atoms with Gasteiger partial charge in [0, 0.05) is 11.7 Å². The maximum Gasteiger partial charge on any atom is 0.0658 e. The zero-order valence-electron chi connectivity index (χ0n) is 10.8. The average Bonchev–Trinajstić information content (AvgIpc) is 2.28. The summed E-state index contributed by atoms with van der Waals surface area (Å²) in [7, 11) is 0. The molecule has 0 aliphatic rings. The van der Waals surface area contributed by atoms with Crippen LogP contribution in [-0.4, -0.2) is 6.04 Å². The van der Waals surface area contributed by atoms with Gasteiger partial charge in [-0.1, -0.05) is 44.2 Å². The number of rotatable bonds is 7. The minimum absolute atomic E-state index is 0.452. The van der Waals surface area contributed by atoms with Crippen molar-refractivity contribution in [1.82, 2.24) is 0 Å². The molecule has 1 rings (SSSR count). The number of halogens is 1. The number of benzene rings is 1. The predicted molar refractivity (Wildman–Crippen MR) is 77.7 cm³/mol. The summed E-state index contributed by atoms with van der Waals surface area (Å²) in [6, 6.07) is 6.05. The molecule has 1 aromatic rings. The Morgan fingerprint density at radius 1 is 1.29 bits per heavy atom. The van der Waals surface area contributed by atoms with Crippen molar-refractivity contribution < 1.29 is 0 Å². The fraction of sp³-hybridized carbons (Fsp3) is 0.571. The van der Waals surface area contributed by atoms with E-state index >= 15 is 0 Å². The van der Waals surface area contributed by atoms with E-state index in [-0.39, 0.29) is 0 Å². The highest BCUT2D eigenvalue weighted by molar-refractivity contribution is 6.33. The number of anilines is 2. The van der Waals surface area contributed by atoms with Gasteiger partial charge in [-0.15, -0.1) is 0 Å². The Labute approximate surface area is 110 Å². The van der Waals surface area contributed by atoms with Gasteiger partial charge in [0.15, 0.2) is 0 Å². The molecule has 0 amide bonds. The first kappa shape index (κ1) is 14.2. The Morgan fingerprint density at radius 3 is 2.71 bits per heavy atom. The average molecular weight is 255 g/mol. The standard InChI is InChI=1S/C14H23ClN2/c1-3-4-5-6-7-11(2)17-14-9-8-12(16)10-13(14)15/h8-11,17H,3-7,16H2,1-2H3. The maximum atomic E-state index is 6.11. The first-order chi connectivity index (χ1) is 8.13. The molecule has 0 saturated carbocycles. The third-order valence-corrected chi connectivity index (χ3v) is 3.20. The maximum absolute atomic E-state index is 6.11. The number of hydrogen-bond acceptors (Lipinski definition) is 2. The van der Waals surface area contributed by atoms with Gasteiger partial charge in [-0.2, -0.15) is 0 Å². The summed E-state index contributed by atoms with van der Waals surface area (Å²) in [5.41, 5.74) is 7.34. The van der Waals surface area contributed by atoms with E-state index in [1.165, 1.54) is 32.1 Å². The fourth-order valence-corrected chi connectivity index (χ4v) is 2.11. The van der Waals surface area contributed by atoms with Gasteiger partial charge in [0.25, 0.3) is 0 Å². The van der Waals surface area contributed by atoms with E-state index in [0.29, 0.717) is 16.8 Å². The Balaban J connectivity index is 2.37. The lowest BCUT2D eigenvalue weighted by molar-refractivity contribution is 0.594. The molecular weight excluding hydrogens is 232 g/mol. The third-order valence-electron chi connectivity index (χ3n) is 2.89. The number of nitrogens with one attached hydrogen (secondary N) is 1. The first-order valence-corrected chi connectivity index (χ1v) is 6.83. The molecule has 1 unspecified atom stereocenters. The van der Waals surface area contributed by atoms with Gasteiger partial charge in [0.2, 0.25) is 0 Å². The Morgan fingerprint density at radius 2 is 2.06 bits per heavy atom. The van der Waals surface area contributed by atoms with Crippen molar-refractivity contribution in [2.24, 2.45) is 0 Å². The second-order valence-electron chi connectivity index (χ2n) is 4.63. The second-order valence-corrected chi connectivity index (χ2v) is 5.04. The molecule has 0 radical (unpaired) electrons. The molecule has 96 valence electrons. The molecule has 0 aromatic heterocycles. The van der Waals surface area contributed by atoms with Gasteiger partial charge in [-0.25, -0.2) is 0 Å². The quantitative estimate of drug-likeness (QED) is 0.547. The Kier molecular flexibility index (Phi) is 6.20. The highest BCUT2D eigenvalue weighted by atomic mass is 35.5. The van der Waals surface area contributed by atoms with Crippen LogP contribution in [0.2, 0.25) is 5.02 Å². The molecule has 3 heteroatoms. The molecule has 1 aromatic carbocycles. The topological polar surface area (TPSA) is 38.0 Å². The van der Waals surface area contributed by atoms with E-state index in [9.17, 15) is 0 Å². The van der Waals surface area contributed by atoms with Crippen molar-refractivity contribution in [2.75, 3.05) is 11.1 Å². The van der Waals surface area contributed by atoms with Crippen LogP contribution in [0.5, 0.6) is 0 Å². The van der Waals surface area contributed by atoms with E-state index in [4.69, 9.17) is 17.3 Å². The lowest BCUT2D eigenvalue weighted by atomic mass is 10.1. The van der Waals surface area contributed by atoms with E-state index in [1.807, 2.05) is 12.1 Å². The molecule has 0 aliphatic carbocycles. The van der Waals surface area contributed by atoms with E-state index in [0.717, 1.165) is 5.69 Å². The Bertz CT molecular complexity index is 339. The van der Waals surface area contributed by atoms with Crippen LogP contribution in [0, 0.1) is 0 Å². The molecule has 17 heavy (non-hydrogen) atoms. The summed E-state index contributed by atoms with van der Waals surface area (Å²) in [4.78, 5) is 0. The summed E-state index contributed by atoms with van der Waals surface area (Å²) in [5, 5.41) is 4.13. The van der Waals surface area contributed by atoms with Gasteiger partial charge in [-0.05, 0) is 31.5 Å². The van der Waals surface area contributed by atoms with Crippen molar-refractivity contribution in [3.05, 3.63) is 23.2 Å². The summed E-state index contributed by atoms with van der Waals surface area (Å²) in [5.74, 6) is 0. The molecule has 0 saturated heterocycles. The number of nitrogens with two attached hydrogens (primary N) is 1. The van der Waals surface area contributed by atoms with Crippen molar-refractivity contribution in [1.29, 1.82) is 0 Å². The van der Waals surface area contributed by atoms with E-state index < -0.39 is 0 Å². The predicted octanol–water partition coefficient (Wildman–Crippen LogP) is 4.69. The molecule has 0 fully saturated rings. The molecule has 0 spiro atoms.